The fourth-order valence-electron chi connectivity index (χ4n) is 11.8. The van der Waals surface area contributed by atoms with Gasteiger partial charge in [0.05, 0.1) is 16.9 Å². The minimum absolute atomic E-state index is 0.211. The zero-order valence-electron chi connectivity index (χ0n) is 38.8. The molecule has 0 atom stereocenters. The van der Waals surface area contributed by atoms with E-state index < -0.39 is 0 Å². The second-order valence-corrected chi connectivity index (χ2v) is 19.7. The lowest BCUT2D eigenvalue weighted by Crippen LogP contribution is -2.17. The molecule has 13 rings (SSSR count). The van der Waals surface area contributed by atoms with Gasteiger partial charge in [-0.2, -0.15) is 0 Å². The number of para-hydroxylation sites is 2. The molecule has 0 radical (unpaired) electrons. The minimum Gasteiger partial charge on any atom is -0.310 e. The second-order valence-electron chi connectivity index (χ2n) is 19.7. The summed E-state index contributed by atoms with van der Waals surface area (Å²) >= 11 is 0. The van der Waals surface area contributed by atoms with Gasteiger partial charge in [0.25, 0.3) is 0 Å². The largest absolute Gasteiger partial charge is 0.310 e. The molecule has 0 fully saturated rings. The molecule has 1 aromatic heterocycles. The Morgan fingerprint density at radius 3 is 1.53 bits per heavy atom. The first-order chi connectivity index (χ1) is 33.3. The van der Waals surface area contributed by atoms with E-state index in [9.17, 15) is 0 Å². The third-order valence-corrected chi connectivity index (χ3v) is 15.2. The molecule has 0 saturated carbocycles. The number of aromatic nitrogens is 1. The average molecular weight is 871 g/mol. The number of anilines is 3. The summed E-state index contributed by atoms with van der Waals surface area (Å²) in [6.45, 7) is 9.63. The average Bonchev–Trinajstić information content (AvgIpc) is 3.93. The number of benzene rings is 10. The van der Waals surface area contributed by atoms with Crippen LogP contribution in [-0.4, -0.2) is 4.57 Å². The lowest BCUT2D eigenvalue weighted by molar-refractivity contribution is 0.660. The fourth-order valence-corrected chi connectivity index (χ4v) is 11.8. The van der Waals surface area contributed by atoms with Crippen molar-refractivity contribution in [2.45, 2.75) is 38.5 Å². The molecule has 2 heteroatoms. The SMILES string of the molecule is CC1(C)c2cc(-c3ccc4c(c3)C(C)(C)c3cc5c(cc3-4)c(-c3ccccc3)c(-c3ccccc3)n5-c3ccccc3)ccc2-c2ccc(N(c3ccccc3)c3cccc4ccccc34)cc21. The topological polar surface area (TPSA) is 8.17 Å². The van der Waals surface area contributed by atoms with Crippen molar-refractivity contribution >= 4 is 38.7 Å². The van der Waals surface area contributed by atoms with Crippen molar-refractivity contribution in [3.8, 4) is 61.5 Å². The Balaban J connectivity index is 0.917. The highest BCUT2D eigenvalue weighted by Crippen LogP contribution is 2.55. The van der Waals surface area contributed by atoms with Crippen LogP contribution in [0.25, 0.3) is 83.1 Å². The molecule has 0 saturated heterocycles. The molecule has 2 nitrogen and oxygen atoms in total. The summed E-state index contributed by atoms with van der Waals surface area (Å²) in [5.41, 5.74) is 23.5. The van der Waals surface area contributed by atoms with Crippen LogP contribution in [0.15, 0.2) is 231 Å². The molecule has 68 heavy (non-hydrogen) atoms. The molecule has 11 aromatic rings. The van der Waals surface area contributed by atoms with E-state index in [0.29, 0.717) is 0 Å². The maximum atomic E-state index is 2.50. The second kappa shape index (κ2) is 15.2. The maximum Gasteiger partial charge on any atom is 0.0619 e. The van der Waals surface area contributed by atoms with Crippen LogP contribution in [-0.2, 0) is 10.8 Å². The van der Waals surface area contributed by atoms with Crippen LogP contribution >= 0.6 is 0 Å². The van der Waals surface area contributed by atoms with Gasteiger partial charge in [-0.1, -0.05) is 191 Å². The van der Waals surface area contributed by atoms with E-state index in [1.54, 1.807) is 0 Å². The number of hydrogen-bond donors (Lipinski definition) is 0. The summed E-state index contributed by atoms with van der Waals surface area (Å²) < 4.78 is 2.49. The van der Waals surface area contributed by atoms with Crippen molar-refractivity contribution in [1.82, 2.24) is 4.57 Å². The molecule has 0 unspecified atom stereocenters. The number of hydrogen-bond acceptors (Lipinski definition) is 1. The van der Waals surface area contributed by atoms with Gasteiger partial charge in [-0.15, -0.1) is 0 Å². The van der Waals surface area contributed by atoms with E-state index in [2.05, 4.69) is 268 Å². The van der Waals surface area contributed by atoms with Gasteiger partial charge in [-0.3, -0.25) is 0 Å². The summed E-state index contributed by atoms with van der Waals surface area (Å²) in [5, 5.41) is 3.73. The summed E-state index contributed by atoms with van der Waals surface area (Å²) in [5.74, 6) is 0. The van der Waals surface area contributed by atoms with Crippen molar-refractivity contribution in [1.29, 1.82) is 0 Å². The van der Waals surface area contributed by atoms with E-state index >= 15 is 0 Å². The summed E-state index contributed by atoms with van der Waals surface area (Å²) in [7, 11) is 0. The van der Waals surface area contributed by atoms with Gasteiger partial charge in [0, 0.05) is 44.2 Å². The lowest BCUT2D eigenvalue weighted by Gasteiger charge is -2.29. The number of rotatable bonds is 7. The molecule has 0 aliphatic heterocycles. The van der Waals surface area contributed by atoms with Gasteiger partial charge in [0.1, 0.15) is 0 Å². The molecule has 0 amide bonds. The third kappa shape index (κ3) is 6.03. The zero-order chi connectivity index (χ0) is 45.7. The Morgan fingerprint density at radius 1 is 0.353 bits per heavy atom. The molecule has 2 aliphatic carbocycles. The number of nitrogens with zero attached hydrogens (tertiary/aromatic N) is 2. The molecule has 2 aliphatic rings. The van der Waals surface area contributed by atoms with E-state index in [-0.39, 0.29) is 10.8 Å². The van der Waals surface area contributed by atoms with E-state index in [0.717, 1.165) is 17.1 Å². The minimum atomic E-state index is -0.224. The Labute approximate surface area is 399 Å². The standard InChI is InChI=1S/C66H50N2/c1-65(2)57-38-46(32-35-52(57)53-37-34-50(40-59(53)65)67(48-26-13-7-14-27-48)61-31-19-25-43-20-17-18-30-51(43)61)47-33-36-54-55-41-56-62(42-60(55)66(3,4)58(54)39-47)68(49-28-15-8-16-29-49)64(45-23-11-6-12-24-45)63(56)44-21-9-5-10-22-44/h5-42H,1-4H3. The molecule has 10 aromatic carbocycles. The molecule has 324 valence electrons. The van der Waals surface area contributed by atoms with Crippen LogP contribution < -0.4 is 4.90 Å². The van der Waals surface area contributed by atoms with Crippen molar-refractivity contribution in [2.75, 3.05) is 4.90 Å². The summed E-state index contributed by atoms with van der Waals surface area (Å²) in [6.07, 6.45) is 0. The molecule has 0 spiro atoms. The van der Waals surface area contributed by atoms with Crippen LogP contribution in [0, 0.1) is 0 Å². The number of fused-ring (bicyclic) bond motifs is 8. The predicted octanol–water partition coefficient (Wildman–Crippen LogP) is 17.9. The normalized spacial score (nSPS) is 13.8. The van der Waals surface area contributed by atoms with Gasteiger partial charge in [0.15, 0.2) is 0 Å². The van der Waals surface area contributed by atoms with Gasteiger partial charge < -0.3 is 9.47 Å². The van der Waals surface area contributed by atoms with Crippen molar-refractivity contribution in [3.05, 3.63) is 253 Å². The highest BCUT2D eigenvalue weighted by Gasteiger charge is 2.39. The van der Waals surface area contributed by atoms with E-state index in [4.69, 9.17) is 0 Å². The Morgan fingerprint density at radius 2 is 0.868 bits per heavy atom. The van der Waals surface area contributed by atoms with Crippen LogP contribution in [0.2, 0.25) is 0 Å². The lowest BCUT2D eigenvalue weighted by atomic mass is 9.80. The van der Waals surface area contributed by atoms with Crippen LogP contribution in [0.5, 0.6) is 0 Å². The fraction of sp³-hybridized carbons (Fsp3) is 0.0909. The maximum absolute atomic E-state index is 2.50. The van der Waals surface area contributed by atoms with Gasteiger partial charge in [-0.25, -0.2) is 0 Å². The first-order valence-electron chi connectivity index (χ1n) is 23.9. The van der Waals surface area contributed by atoms with Gasteiger partial charge in [-0.05, 0) is 139 Å². The Bertz CT molecular complexity index is 3760. The smallest absolute Gasteiger partial charge is 0.0619 e. The highest BCUT2D eigenvalue weighted by molar-refractivity contribution is 6.09. The van der Waals surface area contributed by atoms with Crippen LogP contribution in [0.3, 0.4) is 0 Å². The quantitative estimate of drug-likeness (QED) is 0.155. The first kappa shape index (κ1) is 40.1. The third-order valence-electron chi connectivity index (χ3n) is 15.2. The molecule has 0 bridgehead atoms. The highest BCUT2D eigenvalue weighted by atomic mass is 15.1. The van der Waals surface area contributed by atoms with Gasteiger partial charge in [0.2, 0.25) is 0 Å². The molecule has 0 N–H and O–H groups in total. The molecular weight excluding hydrogens is 821 g/mol. The van der Waals surface area contributed by atoms with E-state index in [1.807, 2.05) is 0 Å². The monoisotopic (exact) mass is 870 g/mol. The van der Waals surface area contributed by atoms with Crippen LogP contribution in [0.1, 0.15) is 49.9 Å². The zero-order valence-corrected chi connectivity index (χ0v) is 38.8. The van der Waals surface area contributed by atoms with Gasteiger partial charge >= 0.3 is 0 Å². The Hall–Kier alpha value is -8.20. The van der Waals surface area contributed by atoms with Crippen molar-refractivity contribution < 1.29 is 0 Å². The Kier molecular flexibility index (Phi) is 8.95. The molecular formula is C66H50N2. The first-order valence-corrected chi connectivity index (χ1v) is 23.9. The van der Waals surface area contributed by atoms with Crippen LogP contribution in [0.4, 0.5) is 17.1 Å². The molecule has 1 heterocycles. The summed E-state index contributed by atoms with van der Waals surface area (Å²) in [6, 6.07) is 85.3. The van der Waals surface area contributed by atoms with Crippen molar-refractivity contribution in [3.63, 3.8) is 0 Å². The van der Waals surface area contributed by atoms with Crippen molar-refractivity contribution in [2.24, 2.45) is 0 Å². The summed E-state index contributed by atoms with van der Waals surface area (Å²) in [4.78, 5) is 2.42. The van der Waals surface area contributed by atoms with E-state index in [1.165, 1.54) is 105 Å². The predicted molar refractivity (Wildman–Crippen MR) is 287 cm³/mol.